The number of fused-ring (bicyclic) bond motifs is 4. The summed E-state index contributed by atoms with van der Waals surface area (Å²) < 4.78 is 157. The molecule has 2 aliphatic carbocycles. The van der Waals surface area contributed by atoms with E-state index >= 15 is 0 Å². The molecule has 16 rings (SSSR count). The van der Waals surface area contributed by atoms with Crippen LogP contribution in [0.25, 0.3) is 44.1 Å². The van der Waals surface area contributed by atoms with Gasteiger partial charge in [0, 0.05) is 89.1 Å². The standard InChI is InChI=1S/C81H57N13O20S4/c1-93-58-32-30-55(65-67(58)63(51-20-9-11-22-53(51)73(65)97)69(75(93)99)71(95)42-14-5-3-6-15-42)84-45-24-34-60(117(107,108)109)44(38-45)40-62-87-77(90-80(88-62)113-47-17-7-4-8-18-47)82-36-37-83-78-89-79(92-81(91-78)114-48-26-28-49(29-27-48)115(101,102)103)85-46-25-35-61(118(110,111)112)57(41-46)86-56-31-33-59-68-64(52-21-10-12-23-54(52)74(98)66(56)68)70(76(100)94(59)2)72(96)43-16-13-19-50(39-43)116(104,105)106/h3-35,38-39,41,84,86H,36-37,40H2,1-2H3,(H,101,102,103)(H,104,105,106)(H,107,108,109)(H,110,111,112)(H,82,87,88,90)(H2,83,85,89,91,92). The predicted molar refractivity (Wildman–Crippen MR) is 430 cm³/mol. The first-order chi connectivity index (χ1) is 56.3. The number of carbonyl (C=O) groups excluding carboxylic acids is 4. The summed E-state index contributed by atoms with van der Waals surface area (Å²) in [5.74, 6) is -3.16. The summed E-state index contributed by atoms with van der Waals surface area (Å²) in [7, 11) is -16.8. The second kappa shape index (κ2) is 30.1. The number of carbonyl (C=O) groups is 4. The van der Waals surface area contributed by atoms with E-state index in [1.807, 2.05) is 0 Å². The Labute approximate surface area is 667 Å². The van der Waals surface area contributed by atoms with Gasteiger partial charge in [0.05, 0.1) is 65.0 Å². The van der Waals surface area contributed by atoms with Gasteiger partial charge in [-0.1, -0.05) is 109 Å². The van der Waals surface area contributed by atoms with Crippen molar-refractivity contribution in [2.24, 2.45) is 14.1 Å². The third-order valence-electron chi connectivity index (χ3n) is 19.3. The van der Waals surface area contributed by atoms with Crippen molar-refractivity contribution in [3.63, 3.8) is 0 Å². The number of para-hydroxylation sites is 1. The lowest BCUT2D eigenvalue weighted by Gasteiger charge is -2.26. The first-order valence-electron chi connectivity index (χ1n) is 35.2. The fraction of sp³-hybridized carbons (Fsp3) is 0.0617. The van der Waals surface area contributed by atoms with E-state index < -0.39 is 112 Å². The molecule has 33 nitrogen and oxygen atoms in total. The molecule has 0 fully saturated rings. The van der Waals surface area contributed by atoms with Crippen LogP contribution in [-0.2, 0) is 61.0 Å². The molecule has 118 heavy (non-hydrogen) atoms. The number of nitrogens with one attached hydrogen (secondary N) is 5. The van der Waals surface area contributed by atoms with E-state index in [9.17, 15) is 80.6 Å². The molecule has 0 spiro atoms. The van der Waals surface area contributed by atoms with Crippen LogP contribution in [-0.4, -0.2) is 127 Å². The van der Waals surface area contributed by atoms with Gasteiger partial charge in [0.15, 0.2) is 23.1 Å². The molecule has 0 amide bonds. The molecule has 0 bridgehead atoms. The number of hydrogen-bond acceptors (Lipinski definition) is 27. The summed E-state index contributed by atoms with van der Waals surface area (Å²) in [6.45, 7) is -0.186. The lowest BCUT2D eigenvalue weighted by molar-refractivity contribution is 0.102. The number of ketones is 4. The fourth-order valence-corrected chi connectivity index (χ4v) is 16.4. The summed E-state index contributed by atoms with van der Waals surface area (Å²) in [6.07, 6.45) is -0.423. The topological polar surface area (TPSA) is 486 Å². The molecule has 10 aromatic carbocycles. The lowest BCUT2D eigenvalue weighted by Crippen LogP contribution is -2.29. The Bertz CT molecular complexity index is 7310. The number of hydrogen-bond donors (Lipinski definition) is 9. The van der Waals surface area contributed by atoms with E-state index in [1.165, 1.54) is 97.5 Å². The van der Waals surface area contributed by atoms with E-state index in [-0.39, 0.29) is 155 Å². The van der Waals surface area contributed by atoms with Crippen LogP contribution < -0.4 is 47.2 Å². The molecule has 0 saturated heterocycles. The Balaban J connectivity index is 0.710. The normalized spacial score (nSPS) is 12.4. The number of aromatic nitrogens is 8. The molecular formula is C81H57N13O20S4. The van der Waals surface area contributed by atoms with E-state index in [4.69, 9.17) is 9.47 Å². The Hall–Kier alpha value is -14.4. The van der Waals surface area contributed by atoms with Crippen LogP contribution in [0.4, 0.5) is 46.3 Å². The molecule has 37 heteroatoms. The van der Waals surface area contributed by atoms with Gasteiger partial charge in [-0.15, -0.1) is 0 Å². The van der Waals surface area contributed by atoms with Gasteiger partial charge in [-0.05, 0) is 126 Å². The minimum absolute atomic E-state index is 0.00225. The average molecular weight is 1660 g/mol. The van der Waals surface area contributed by atoms with Gasteiger partial charge in [0.2, 0.25) is 17.8 Å². The van der Waals surface area contributed by atoms with Crippen molar-refractivity contribution in [2.75, 3.05) is 39.7 Å². The number of anilines is 8. The zero-order chi connectivity index (χ0) is 83.0. The van der Waals surface area contributed by atoms with Crippen molar-refractivity contribution < 1.29 is 80.5 Å². The minimum atomic E-state index is -5.14. The van der Waals surface area contributed by atoms with Crippen LogP contribution in [0.2, 0.25) is 0 Å². The summed E-state index contributed by atoms with van der Waals surface area (Å²) >= 11 is 0. The molecule has 9 N–H and O–H groups in total. The fourth-order valence-electron chi connectivity index (χ4n) is 14.1. The highest BCUT2D eigenvalue weighted by molar-refractivity contribution is 7.86. The van der Waals surface area contributed by atoms with Crippen molar-refractivity contribution in [1.29, 1.82) is 0 Å². The molecule has 0 atom stereocenters. The van der Waals surface area contributed by atoms with E-state index in [0.29, 0.717) is 16.5 Å². The zero-order valence-corrected chi connectivity index (χ0v) is 64.2. The van der Waals surface area contributed by atoms with Crippen molar-refractivity contribution in [1.82, 2.24) is 39.0 Å². The molecule has 14 aromatic rings. The van der Waals surface area contributed by atoms with Gasteiger partial charge >= 0.3 is 12.0 Å². The Morgan fingerprint density at radius 1 is 0.390 bits per heavy atom. The van der Waals surface area contributed by atoms with E-state index in [2.05, 4.69) is 56.5 Å². The Morgan fingerprint density at radius 3 is 1.41 bits per heavy atom. The molecule has 0 aliphatic heterocycles. The summed E-state index contributed by atoms with van der Waals surface area (Å²) in [5.41, 5.74) is -0.869. The van der Waals surface area contributed by atoms with Crippen LogP contribution in [0.5, 0.6) is 23.5 Å². The van der Waals surface area contributed by atoms with Crippen LogP contribution in [0.15, 0.2) is 248 Å². The second-order valence-electron chi connectivity index (χ2n) is 26.7. The maximum Gasteiger partial charge on any atom is 0.328 e. The molecule has 0 saturated carbocycles. The summed E-state index contributed by atoms with van der Waals surface area (Å²) in [5, 5.41) is 15.6. The average Bonchev–Trinajstić information content (AvgIpc) is 0.710. The Kier molecular flexibility index (Phi) is 19.7. The van der Waals surface area contributed by atoms with Crippen molar-refractivity contribution in [2.45, 2.75) is 26.0 Å². The molecule has 4 aromatic heterocycles. The number of pyridine rings is 2. The van der Waals surface area contributed by atoms with Crippen molar-refractivity contribution >= 4 is 132 Å². The first kappa shape index (κ1) is 77.5. The third-order valence-corrected chi connectivity index (χ3v) is 22.9. The van der Waals surface area contributed by atoms with Crippen molar-refractivity contribution in [3.05, 3.63) is 295 Å². The number of aryl methyl sites for hydroxylation is 2. The van der Waals surface area contributed by atoms with Crippen LogP contribution >= 0.6 is 0 Å². The van der Waals surface area contributed by atoms with Gasteiger partial charge < -0.3 is 45.2 Å². The predicted octanol–water partition coefficient (Wildman–Crippen LogP) is 11.6. The second-order valence-corrected chi connectivity index (χ2v) is 32.4. The SMILES string of the molecule is Cn1c(=O)c(C(=O)c2ccccc2)c2c3c(c(Nc4ccc(S(=O)(=O)O)c(Cc5nc(NCCNc6nc(Nc7ccc(S(=O)(=O)O)c(Nc8ccc9c%10c8C(=O)c8ccccc8-c%10c(C(=O)c8cccc(S(=O)(=O)O)c8)c(=O)n9C)c7)nc(Oc7ccc(S(=O)(=O)O)cc7)n6)nc(Oc6ccccc6)n5)c4)ccc31)C(=O)c1ccccc1-2. The highest BCUT2D eigenvalue weighted by Gasteiger charge is 2.37. The van der Waals surface area contributed by atoms with Crippen LogP contribution in [0.3, 0.4) is 0 Å². The van der Waals surface area contributed by atoms with Gasteiger partial charge in [0.25, 0.3) is 51.6 Å². The molecule has 590 valence electrons. The van der Waals surface area contributed by atoms with E-state index in [1.54, 1.807) is 103 Å². The number of nitrogens with zero attached hydrogens (tertiary/aromatic N) is 8. The van der Waals surface area contributed by atoms with Crippen LogP contribution in [0.1, 0.15) is 75.1 Å². The van der Waals surface area contributed by atoms with Gasteiger partial charge in [-0.25, -0.2) is 0 Å². The number of benzene rings is 10. The summed E-state index contributed by atoms with van der Waals surface area (Å²) in [6, 6.07) is 50.7. The van der Waals surface area contributed by atoms with Gasteiger partial charge in [-0.3, -0.25) is 47.0 Å². The maximum absolute atomic E-state index is 15.0. The molecule has 0 radical (unpaired) electrons. The van der Waals surface area contributed by atoms with Gasteiger partial charge in [-0.2, -0.15) is 63.6 Å². The van der Waals surface area contributed by atoms with Crippen molar-refractivity contribution in [3.8, 4) is 45.8 Å². The Morgan fingerprint density at radius 2 is 0.856 bits per heavy atom. The van der Waals surface area contributed by atoms with Gasteiger partial charge in [0.1, 0.15) is 22.2 Å². The smallest absolute Gasteiger partial charge is 0.328 e. The third kappa shape index (κ3) is 14.9. The molecule has 2 aliphatic rings. The molecular weight excluding hydrogens is 1600 g/mol. The number of ether oxygens (including phenoxy) is 2. The largest absolute Gasteiger partial charge is 0.424 e. The van der Waals surface area contributed by atoms with Crippen LogP contribution in [0, 0.1) is 0 Å². The minimum Gasteiger partial charge on any atom is -0.424 e. The first-order valence-corrected chi connectivity index (χ1v) is 41.0. The highest BCUT2D eigenvalue weighted by Crippen LogP contribution is 2.47. The van der Waals surface area contributed by atoms with E-state index in [0.717, 1.165) is 41.0 Å². The number of rotatable bonds is 25. The monoisotopic (exact) mass is 1660 g/mol. The quantitative estimate of drug-likeness (QED) is 0.0146. The lowest BCUT2D eigenvalue weighted by atomic mass is 9.80. The molecule has 4 heterocycles. The highest BCUT2D eigenvalue weighted by atomic mass is 32.2. The maximum atomic E-state index is 15.0. The zero-order valence-electron chi connectivity index (χ0n) is 60.9. The molecule has 0 unspecified atom stereocenters. The summed E-state index contributed by atoms with van der Waals surface area (Å²) in [4.78, 5) is 112.